The number of hydrogen-bond acceptors (Lipinski definition) is 3. The van der Waals surface area contributed by atoms with Crippen molar-refractivity contribution in [2.75, 3.05) is 32.7 Å². The lowest BCUT2D eigenvalue weighted by Crippen LogP contribution is -2.62. The summed E-state index contributed by atoms with van der Waals surface area (Å²) in [5.74, 6) is 0. The zero-order valence-electron chi connectivity index (χ0n) is 9.72. The number of nitrogens with zero attached hydrogens (tertiary/aromatic N) is 2. The highest BCUT2D eigenvalue weighted by molar-refractivity contribution is 6.30. The van der Waals surface area contributed by atoms with E-state index in [1.807, 2.05) is 24.3 Å². The van der Waals surface area contributed by atoms with Crippen LogP contribution in [0.25, 0.3) is 0 Å². The summed E-state index contributed by atoms with van der Waals surface area (Å²) in [5.41, 5.74) is 0.927. The Hall–Kier alpha value is -0.610. The highest BCUT2D eigenvalue weighted by Crippen LogP contribution is 2.28. The molecule has 1 aromatic rings. The zero-order chi connectivity index (χ0) is 11.8. The van der Waals surface area contributed by atoms with Gasteiger partial charge in [0, 0.05) is 37.7 Å². The monoisotopic (exact) mass is 252 g/mol. The highest BCUT2D eigenvalue weighted by atomic mass is 35.5. The quantitative estimate of drug-likeness (QED) is 0.862. The van der Waals surface area contributed by atoms with Crippen molar-refractivity contribution in [1.82, 2.24) is 9.80 Å². The molecular weight excluding hydrogens is 236 g/mol. The maximum Gasteiger partial charge on any atom is 0.0958 e. The topological polar surface area (TPSA) is 26.7 Å². The van der Waals surface area contributed by atoms with Crippen molar-refractivity contribution in [3.8, 4) is 0 Å². The van der Waals surface area contributed by atoms with Crippen molar-refractivity contribution < 1.29 is 5.11 Å². The predicted molar refractivity (Wildman–Crippen MR) is 68.2 cm³/mol. The lowest BCUT2D eigenvalue weighted by atomic mass is 9.96. The summed E-state index contributed by atoms with van der Waals surface area (Å²) in [6.45, 7) is 5.38. The molecule has 0 saturated carbocycles. The van der Waals surface area contributed by atoms with E-state index in [4.69, 9.17) is 11.6 Å². The van der Waals surface area contributed by atoms with Gasteiger partial charge in [0.1, 0.15) is 0 Å². The fourth-order valence-electron chi connectivity index (χ4n) is 2.87. The number of halogens is 1. The summed E-state index contributed by atoms with van der Waals surface area (Å²) >= 11 is 5.97. The Balaban J connectivity index is 1.80. The third kappa shape index (κ3) is 2.20. The second-order valence-corrected chi connectivity index (χ2v) is 5.34. The molecule has 0 radical (unpaired) electrons. The molecule has 3 heterocycles. The van der Waals surface area contributed by atoms with Crippen LogP contribution >= 0.6 is 11.6 Å². The van der Waals surface area contributed by atoms with E-state index in [9.17, 15) is 5.11 Å². The number of piperazine rings is 3. The van der Waals surface area contributed by atoms with Gasteiger partial charge in [-0.1, -0.05) is 23.7 Å². The van der Waals surface area contributed by atoms with Crippen molar-refractivity contribution in [2.24, 2.45) is 0 Å². The molecule has 3 fully saturated rings. The van der Waals surface area contributed by atoms with Crippen molar-refractivity contribution in [3.63, 3.8) is 0 Å². The Labute approximate surface area is 107 Å². The van der Waals surface area contributed by atoms with Crippen LogP contribution in [-0.4, -0.2) is 53.7 Å². The first-order chi connectivity index (χ1) is 8.24. The Bertz CT molecular complexity index is 404. The lowest BCUT2D eigenvalue weighted by Gasteiger charge is -2.49. The molecule has 0 aromatic heterocycles. The Morgan fingerprint density at radius 3 is 2.59 bits per heavy atom. The predicted octanol–water partition coefficient (Wildman–Crippen LogP) is 1.37. The molecule has 1 aromatic carbocycles. The SMILES string of the molecule is OC(c1cccc(Cl)c1)C1CN2CCN1CC2. The van der Waals surface area contributed by atoms with E-state index in [-0.39, 0.29) is 6.04 Å². The minimum absolute atomic E-state index is 0.218. The van der Waals surface area contributed by atoms with Crippen LogP contribution in [0.15, 0.2) is 24.3 Å². The van der Waals surface area contributed by atoms with Gasteiger partial charge in [0.2, 0.25) is 0 Å². The van der Waals surface area contributed by atoms with Crippen LogP contribution in [0.3, 0.4) is 0 Å². The second kappa shape index (κ2) is 4.58. The van der Waals surface area contributed by atoms with Gasteiger partial charge in [0.15, 0.2) is 0 Å². The Morgan fingerprint density at radius 2 is 2.00 bits per heavy atom. The fourth-order valence-corrected chi connectivity index (χ4v) is 3.07. The van der Waals surface area contributed by atoms with Crippen LogP contribution in [0.1, 0.15) is 11.7 Å². The first-order valence-electron chi connectivity index (χ1n) is 6.14. The molecule has 4 rings (SSSR count). The van der Waals surface area contributed by atoms with Gasteiger partial charge < -0.3 is 5.11 Å². The summed E-state index contributed by atoms with van der Waals surface area (Å²) in [4.78, 5) is 4.82. The molecule has 0 spiro atoms. The smallest absolute Gasteiger partial charge is 0.0958 e. The molecule has 2 unspecified atom stereocenters. The lowest BCUT2D eigenvalue weighted by molar-refractivity contribution is -0.0470. The molecule has 3 aliphatic heterocycles. The fraction of sp³-hybridized carbons (Fsp3) is 0.538. The first kappa shape index (κ1) is 11.5. The van der Waals surface area contributed by atoms with E-state index in [2.05, 4.69) is 9.80 Å². The van der Waals surface area contributed by atoms with E-state index < -0.39 is 6.10 Å². The van der Waals surface area contributed by atoms with Gasteiger partial charge in [0.25, 0.3) is 0 Å². The number of fused-ring (bicyclic) bond motifs is 3. The van der Waals surface area contributed by atoms with Crippen LogP contribution in [-0.2, 0) is 0 Å². The minimum Gasteiger partial charge on any atom is -0.387 e. The number of aliphatic hydroxyl groups excluding tert-OH is 1. The van der Waals surface area contributed by atoms with E-state index in [1.54, 1.807) is 0 Å². The number of rotatable bonds is 2. The second-order valence-electron chi connectivity index (χ2n) is 4.90. The molecule has 2 bridgehead atoms. The molecule has 4 heteroatoms. The maximum atomic E-state index is 10.5. The van der Waals surface area contributed by atoms with Crippen molar-refractivity contribution >= 4 is 11.6 Å². The van der Waals surface area contributed by atoms with Gasteiger partial charge in [-0.3, -0.25) is 9.80 Å². The molecule has 2 atom stereocenters. The van der Waals surface area contributed by atoms with Gasteiger partial charge in [-0.05, 0) is 17.7 Å². The average molecular weight is 253 g/mol. The van der Waals surface area contributed by atoms with Crippen LogP contribution in [0.4, 0.5) is 0 Å². The number of aliphatic hydroxyl groups is 1. The minimum atomic E-state index is -0.434. The summed E-state index contributed by atoms with van der Waals surface area (Å²) in [7, 11) is 0. The standard InChI is InChI=1S/C13H17ClN2O/c14-11-3-1-2-10(8-11)13(17)12-9-15-4-6-16(12)7-5-15/h1-3,8,12-13,17H,4-7,9H2. The van der Waals surface area contributed by atoms with Crippen molar-refractivity contribution in [2.45, 2.75) is 12.1 Å². The van der Waals surface area contributed by atoms with E-state index in [0.29, 0.717) is 5.02 Å². The third-order valence-corrected chi connectivity index (χ3v) is 4.11. The molecule has 3 saturated heterocycles. The molecule has 0 aliphatic carbocycles. The number of hydrogen-bond donors (Lipinski definition) is 1. The summed E-state index contributed by atoms with van der Waals surface area (Å²) in [6, 6.07) is 7.78. The first-order valence-corrected chi connectivity index (χ1v) is 6.52. The normalized spacial score (nSPS) is 33.6. The summed E-state index contributed by atoms with van der Waals surface area (Å²) in [5, 5.41) is 11.2. The van der Waals surface area contributed by atoms with E-state index in [1.165, 1.54) is 0 Å². The largest absolute Gasteiger partial charge is 0.387 e. The average Bonchev–Trinajstić information content (AvgIpc) is 2.39. The summed E-state index contributed by atoms with van der Waals surface area (Å²) in [6.07, 6.45) is -0.434. The number of benzene rings is 1. The van der Waals surface area contributed by atoms with Gasteiger partial charge in [-0.2, -0.15) is 0 Å². The summed E-state index contributed by atoms with van der Waals surface area (Å²) < 4.78 is 0. The zero-order valence-corrected chi connectivity index (χ0v) is 10.5. The van der Waals surface area contributed by atoms with E-state index >= 15 is 0 Å². The maximum absolute atomic E-state index is 10.5. The van der Waals surface area contributed by atoms with Crippen LogP contribution in [0.5, 0.6) is 0 Å². The molecule has 3 nitrogen and oxygen atoms in total. The Kier molecular flexibility index (Phi) is 3.09. The van der Waals surface area contributed by atoms with Gasteiger partial charge in [0.05, 0.1) is 12.1 Å². The molecule has 17 heavy (non-hydrogen) atoms. The van der Waals surface area contributed by atoms with Crippen molar-refractivity contribution in [3.05, 3.63) is 34.9 Å². The molecule has 92 valence electrons. The van der Waals surface area contributed by atoms with E-state index in [0.717, 1.165) is 38.3 Å². The highest BCUT2D eigenvalue weighted by Gasteiger charge is 2.36. The third-order valence-electron chi connectivity index (χ3n) is 3.88. The van der Waals surface area contributed by atoms with Crippen molar-refractivity contribution in [1.29, 1.82) is 0 Å². The Morgan fingerprint density at radius 1 is 1.24 bits per heavy atom. The van der Waals surface area contributed by atoms with Gasteiger partial charge in [-0.15, -0.1) is 0 Å². The van der Waals surface area contributed by atoms with Crippen LogP contribution < -0.4 is 0 Å². The van der Waals surface area contributed by atoms with Gasteiger partial charge >= 0.3 is 0 Å². The van der Waals surface area contributed by atoms with Crippen LogP contribution in [0.2, 0.25) is 5.02 Å². The molecule has 1 N–H and O–H groups in total. The molecule has 0 amide bonds. The van der Waals surface area contributed by atoms with Gasteiger partial charge in [-0.25, -0.2) is 0 Å². The molecule has 3 aliphatic rings. The van der Waals surface area contributed by atoms with Crippen LogP contribution in [0, 0.1) is 0 Å². The molecular formula is C13H17ClN2O.